The Morgan fingerprint density at radius 3 is 2.45 bits per heavy atom. The van der Waals surface area contributed by atoms with Crippen LogP contribution in [-0.4, -0.2) is 15.0 Å². The lowest BCUT2D eigenvalue weighted by Crippen LogP contribution is -2.27. The van der Waals surface area contributed by atoms with E-state index in [0.717, 1.165) is 5.56 Å². The Labute approximate surface area is 123 Å². The first kappa shape index (κ1) is 15.0. The van der Waals surface area contributed by atoms with Crippen LogP contribution in [0.2, 0.25) is 0 Å². The lowest BCUT2D eigenvalue weighted by atomic mass is 10.1. The van der Waals surface area contributed by atoms with Crippen molar-refractivity contribution in [1.82, 2.24) is 4.72 Å². The summed E-state index contributed by atoms with van der Waals surface area (Å²) in [6.45, 7) is 3.91. The number of anilines is 1. The first-order chi connectivity index (χ1) is 9.40. The monoisotopic (exact) mass is 310 g/mol. The van der Waals surface area contributed by atoms with Gasteiger partial charge in [0.25, 0.3) is 0 Å². The molecule has 108 valence electrons. The third kappa shape index (κ3) is 3.39. The Morgan fingerprint density at radius 1 is 1.25 bits per heavy atom. The molecule has 0 aliphatic heterocycles. The molecule has 1 heterocycles. The maximum atomic E-state index is 12.4. The molecule has 4 nitrogen and oxygen atoms in total. The van der Waals surface area contributed by atoms with Crippen molar-refractivity contribution in [2.75, 3.05) is 12.3 Å². The lowest BCUT2D eigenvalue weighted by molar-refractivity contribution is 0.580. The van der Waals surface area contributed by atoms with Crippen LogP contribution in [0.3, 0.4) is 0 Å². The smallest absolute Gasteiger partial charge is 0.241 e. The fourth-order valence-electron chi connectivity index (χ4n) is 2.24. The highest BCUT2D eigenvalue weighted by Crippen LogP contribution is 2.22. The molecule has 0 fully saturated rings. The van der Waals surface area contributed by atoms with E-state index < -0.39 is 10.0 Å². The van der Waals surface area contributed by atoms with Crippen molar-refractivity contribution in [1.29, 1.82) is 0 Å². The summed E-state index contributed by atoms with van der Waals surface area (Å²) in [5, 5.41) is 4.01. The van der Waals surface area contributed by atoms with Crippen molar-refractivity contribution in [3.63, 3.8) is 0 Å². The molecule has 0 aliphatic carbocycles. The Bertz CT molecular complexity index is 669. The molecule has 1 aromatic carbocycles. The normalized spacial score (nSPS) is 11.7. The molecule has 1 aromatic heterocycles. The second-order valence-electron chi connectivity index (χ2n) is 4.76. The molecule has 0 atom stereocenters. The number of aryl methyl sites for hydroxylation is 2. The van der Waals surface area contributed by atoms with Crippen LogP contribution < -0.4 is 10.5 Å². The van der Waals surface area contributed by atoms with Crippen LogP contribution in [0.25, 0.3) is 0 Å². The molecule has 3 N–H and O–H groups in total. The highest BCUT2D eigenvalue weighted by Gasteiger charge is 2.19. The van der Waals surface area contributed by atoms with Gasteiger partial charge in [-0.3, -0.25) is 0 Å². The van der Waals surface area contributed by atoms with Gasteiger partial charge in [-0.15, -0.1) is 0 Å². The molecule has 20 heavy (non-hydrogen) atoms. The molecule has 0 spiro atoms. The van der Waals surface area contributed by atoms with Gasteiger partial charge >= 0.3 is 0 Å². The Kier molecular flexibility index (Phi) is 4.47. The number of nitrogens with two attached hydrogens (primary N) is 1. The standard InChI is InChI=1S/C14H18N2O2S2/c1-10-7-13(15)8-11(2)14(10)20(17,18)16-5-3-12-4-6-19-9-12/h4,6-9,16H,3,5,15H2,1-2H3. The highest BCUT2D eigenvalue weighted by molar-refractivity contribution is 7.89. The molecule has 2 rings (SSSR count). The van der Waals surface area contributed by atoms with Gasteiger partial charge in [-0.05, 0) is 65.9 Å². The van der Waals surface area contributed by atoms with Gasteiger partial charge in [0.2, 0.25) is 10.0 Å². The third-order valence-corrected chi connectivity index (χ3v) is 5.53. The van der Waals surface area contributed by atoms with E-state index in [2.05, 4.69) is 4.72 Å². The van der Waals surface area contributed by atoms with Crippen molar-refractivity contribution < 1.29 is 8.42 Å². The Morgan fingerprint density at radius 2 is 1.90 bits per heavy atom. The number of hydrogen-bond donors (Lipinski definition) is 2. The fourth-order valence-corrected chi connectivity index (χ4v) is 4.43. The van der Waals surface area contributed by atoms with Crippen molar-refractivity contribution in [3.05, 3.63) is 45.6 Å². The van der Waals surface area contributed by atoms with Crippen LogP contribution in [0.5, 0.6) is 0 Å². The Balaban J connectivity index is 2.14. The van der Waals surface area contributed by atoms with Gasteiger partial charge in [0, 0.05) is 12.2 Å². The summed E-state index contributed by atoms with van der Waals surface area (Å²) in [4.78, 5) is 0.331. The number of rotatable bonds is 5. The summed E-state index contributed by atoms with van der Waals surface area (Å²) < 4.78 is 27.4. The minimum atomic E-state index is -3.49. The van der Waals surface area contributed by atoms with Crippen LogP contribution in [0.4, 0.5) is 5.69 Å². The number of nitrogen functional groups attached to an aromatic ring is 1. The van der Waals surface area contributed by atoms with E-state index >= 15 is 0 Å². The lowest BCUT2D eigenvalue weighted by Gasteiger charge is -2.12. The summed E-state index contributed by atoms with van der Waals surface area (Å²) in [5.41, 5.74) is 8.79. The second-order valence-corrected chi connectivity index (χ2v) is 7.25. The van der Waals surface area contributed by atoms with Crippen LogP contribution in [0, 0.1) is 13.8 Å². The number of hydrogen-bond acceptors (Lipinski definition) is 4. The van der Waals surface area contributed by atoms with Crippen molar-refractivity contribution in [2.24, 2.45) is 0 Å². The average molecular weight is 310 g/mol. The Hall–Kier alpha value is -1.37. The molecule has 0 radical (unpaired) electrons. The molecule has 6 heteroatoms. The number of sulfonamides is 1. The van der Waals surface area contributed by atoms with E-state index in [1.54, 1.807) is 37.3 Å². The predicted molar refractivity (Wildman–Crippen MR) is 83.5 cm³/mol. The molecular weight excluding hydrogens is 292 g/mol. The zero-order valence-electron chi connectivity index (χ0n) is 11.5. The van der Waals surface area contributed by atoms with Crippen LogP contribution in [0.15, 0.2) is 33.9 Å². The van der Waals surface area contributed by atoms with Crippen molar-refractivity contribution in [2.45, 2.75) is 25.2 Å². The van der Waals surface area contributed by atoms with Crippen LogP contribution in [0.1, 0.15) is 16.7 Å². The first-order valence-corrected chi connectivity index (χ1v) is 8.70. The third-order valence-electron chi connectivity index (χ3n) is 3.04. The van der Waals surface area contributed by atoms with Gasteiger partial charge in [0.05, 0.1) is 4.90 Å². The minimum Gasteiger partial charge on any atom is -0.399 e. The van der Waals surface area contributed by atoms with Gasteiger partial charge in [-0.2, -0.15) is 11.3 Å². The van der Waals surface area contributed by atoms with Crippen molar-refractivity contribution >= 4 is 27.0 Å². The summed E-state index contributed by atoms with van der Waals surface area (Å²) >= 11 is 1.61. The molecular formula is C14H18N2O2S2. The van der Waals surface area contributed by atoms with Gasteiger partial charge in [0.1, 0.15) is 0 Å². The average Bonchev–Trinajstić information content (AvgIpc) is 2.79. The van der Waals surface area contributed by atoms with E-state index in [0.29, 0.717) is 34.7 Å². The van der Waals surface area contributed by atoms with E-state index in [1.807, 2.05) is 16.8 Å². The zero-order valence-corrected chi connectivity index (χ0v) is 13.1. The van der Waals surface area contributed by atoms with Gasteiger partial charge in [-0.25, -0.2) is 13.1 Å². The number of nitrogens with one attached hydrogen (secondary N) is 1. The molecule has 0 saturated heterocycles. The van der Waals surface area contributed by atoms with Gasteiger partial charge < -0.3 is 5.73 Å². The van der Waals surface area contributed by atoms with E-state index in [9.17, 15) is 8.42 Å². The maximum Gasteiger partial charge on any atom is 0.241 e. The highest BCUT2D eigenvalue weighted by atomic mass is 32.2. The molecule has 0 amide bonds. The topological polar surface area (TPSA) is 72.2 Å². The molecule has 0 aliphatic rings. The predicted octanol–water partition coefficient (Wildman–Crippen LogP) is 2.47. The summed E-state index contributed by atoms with van der Waals surface area (Å²) in [7, 11) is -3.49. The number of benzene rings is 1. The molecule has 0 unspecified atom stereocenters. The summed E-state index contributed by atoms with van der Waals surface area (Å²) in [6, 6.07) is 5.36. The first-order valence-electron chi connectivity index (χ1n) is 6.27. The molecule has 2 aromatic rings. The van der Waals surface area contributed by atoms with E-state index in [4.69, 9.17) is 5.73 Å². The van der Waals surface area contributed by atoms with Gasteiger partial charge in [-0.1, -0.05) is 0 Å². The van der Waals surface area contributed by atoms with E-state index in [-0.39, 0.29) is 0 Å². The molecule has 0 bridgehead atoms. The quantitative estimate of drug-likeness (QED) is 0.833. The largest absolute Gasteiger partial charge is 0.399 e. The maximum absolute atomic E-state index is 12.4. The minimum absolute atomic E-state index is 0.331. The van der Waals surface area contributed by atoms with Crippen LogP contribution in [-0.2, 0) is 16.4 Å². The zero-order chi connectivity index (χ0) is 14.8. The number of thiophene rings is 1. The van der Waals surface area contributed by atoms with Crippen molar-refractivity contribution in [3.8, 4) is 0 Å². The van der Waals surface area contributed by atoms with Gasteiger partial charge in [0.15, 0.2) is 0 Å². The van der Waals surface area contributed by atoms with Crippen LogP contribution >= 0.6 is 11.3 Å². The second kappa shape index (κ2) is 5.95. The fraction of sp³-hybridized carbons (Fsp3) is 0.286. The summed E-state index contributed by atoms with van der Waals surface area (Å²) in [5.74, 6) is 0. The molecule has 0 saturated carbocycles. The SMILES string of the molecule is Cc1cc(N)cc(C)c1S(=O)(=O)NCCc1ccsc1. The van der Waals surface area contributed by atoms with E-state index in [1.165, 1.54) is 0 Å². The summed E-state index contributed by atoms with van der Waals surface area (Å²) in [6.07, 6.45) is 0.690.